The summed E-state index contributed by atoms with van der Waals surface area (Å²) in [5.41, 5.74) is 0. The maximum atomic E-state index is 13.2. The lowest BCUT2D eigenvalue weighted by Gasteiger charge is -2.46. The zero-order valence-electron chi connectivity index (χ0n) is 47.0. The molecule has 0 spiro atoms. The van der Waals surface area contributed by atoms with Crippen LogP contribution in [0, 0.1) is 0 Å². The lowest BCUT2D eigenvalue weighted by molar-refractivity contribution is -0.359. The maximum Gasteiger partial charge on any atom is 0.220 e. The first kappa shape index (κ1) is 69.1. The highest BCUT2D eigenvalue weighted by Gasteiger charge is 2.51. The van der Waals surface area contributed by atoms with Crippen LogP contribution >= 0.6 is 0 Å². The van der Waals surface area contributed by atoms with Crippen LogP contribution in [-0.2, 0) is 23.7 Å². The first-order chi connectivity index (χ1) is 36.6. The number of aliphatic hydroxyl groups is 8. The molecule has 2 heterocycles. The largest absolute Gasteiger partial charge is 0.394 e. The van der Waals surface area contributed by atoms with Crippen molar-refractivity contribution < 1.29 is 64.6 Å². The first-order valence-electron chi connectivity index (χ1n) is 30.4. The summed E-state index contributed by atoms with van der Waals surface area (Å²) in [6.07, 6.45) is 41.5. The van der Waals surface area contributed by atoms with Gasteiger partial charge in [-0.25, -0.2) is 0 Å². The monoisotopic (exact) mass is 1070 g/mol. The quantitative estimate of drug-likeness (QED) is 0.0204. The highest BCUT2D eigenvalue weighted by molar-refractivity contribution is 5.76. The highest BCUT2D eigenvalue weighted by atomic mass is 16.7. The number of allylic oxidation sites excluding steroid dienone is 7. The molecule has 2 saturated heterocycles. The molecule has 0 saturated carbocycles. The van der Waals surface area contributed by atoms with E-state index in [1.54, 1.807) is 6.08 Å². The van der Waals surface area contributed by atoms with E-state index in [0.29, 0.717) is 6.42 Å². The van der Waals surface area contributed by atoms with Crippen LogP contribution in [0.1, 0.15) is 239 Å². The second-order valence-electron chi connectivity index (χ2n) is 21.5. The lowest BCUT2D eigenvalue weighted by atomic mass is 9.97. The van der Waals surface area contributed by atoms with Gasteiger partial charge >= 0.3 is 0 Å². The number of aliphatic hydroxyl groups excluding tert-OH is 8. The molecule has 2 fully saturated rings. The summed E-state index contributed by atoms with van der Waals surface area (Å²) in [4.78, 5) is 13.2. The Morgan fingerprint density at radius 1 is 0.493 bits per heavy atom. The Morgan fingerprint density at radius 2 is 0.920 bits per heavy atom. The fourth-order valence-corrected chi connectivity index (χ4v) is 9.90. The van der Waals surface area contributed by atoms with Gasteiger partial charge in [0, 0.05) is 6.42 Å². The molecule has 0 aromatic heterocycles. The predicted molar refractivity (Wildman–Crippen MR) is 300 cm³/mol. The Morgan fingerprint density at radius 3 is 1.41 bits per heavy atom. The zero-order valence-corrected chi connectivity index (χ0v) is 47.0. The van der Waals surface area contributed by atoms with Crippen molar-refractivity contribution in [2.24, 2.45) is 0 Å². The molecule has 0 aromatic rings. The topological polar surface area (TPSA) is 228 Å². The molecule has 9 N–H and O–H groups in total. The van der Waals surface area contributed by atoms with E-state index < -0.39 is 86.8 Å². The van der Waals surface area contributed by atoms with Crippen molar-refractivity contribution in [2.45, 2.75) is 312 Å². The number of hydrogen-bond donors (Lipinski definition) is 9. The smallest absolute Gasteiger partial charge is 0.220 e. The van der Waals surface area contributed by atoms with Crippen LogP contribution in [0.5, 0.6) is 0 Å². The summed E-state index contributed by atoms with van der Waals surface area (Å²) < 4.78 is 22.8. The Kier molecular flexibility index (Phi) is 43.1. The highest BCUT2D eigenvalue weighted by Crippen LogP contribution is 2.30. The number of unbranched alkanes of at least 4 members (excludes halogenated alkanes) is 29. The van der Waals surface area contributed by atoms with E-state index in [1.165, 1.54) is 141 Å². The molecule has 2 aliphatic heterocycles. The molecule has 0 radical (unpaired) electrons. The van der Waals surface area contributed by atoms with Crippen LogP contribution < -0.4 is 5.32 Å². The molecule has 438 valence electrons. The molecule has 12 unspecified atom stereocenters. The summed E-state index contributed by atoms with van der Waals surface area (Å²) in [5, 5.41) is 87.1. The van der Waals surface area contributed by atoms with Gasteiger partial charge in [0.2, 0.25) is 5.91 Å². The fourth-order valence-electron chi connectivity index (χ4n) is 9.90. The van der Waals surface area contributed by atoms with Gasteiger partial charge in [0.15, 0.2) is 12.6 Å². The Bertz CT molecular complexity index is 1440. The Labute approximate surface area is 454 Å². The number of nitrogens with one attached hydrogen (secondary N) is 1. The third kappa shape index (κ3) is 32.6. The maximum absolute atomic E-state index is 13.2. The second kappa shape index (κ2) is 46.8. The first-order valence-corrected chi connectivity index (χ1v) is 30.4. The lowest BCUT2D eigenvalue weighted by Crippen LogP contribution is -2.65. The van der Waals surface area contributed by atoms with Crippen molar-refractivity contribution in [1.29, 1.82) is 0 Å². The van der Waals surface area contributed by atoms with E-state index in [2.05, 4.69) is 55.6 Å². The van der Waals surface area contributed by atoms with Crippen molar-refractivity contribution in [1.82, 2.24) is 5.32 Å². The molecule has 0 aromatic carbocycles. The van der Waals surface area contributed by atoms with Crippen molar-refractivity contribution >= 4 is 5.91 Å². The van der Waals surface area contributed by atoms with Gasteiger partial charge in [0.25, 0.3) is 0 Å². The van der Waals surface area contributed by atoms with E-state index in [1.807, 2.05) is 6.08 Å². The number of carbonyl (C=O) groups excluding carboxylic acids is 1. The zero-order chi connectivity index (χ0) is 54.6. The molecule has 14 nitrogen and oxygen atoms in total. The summed E-state index contributed by atoms with van der Waals surface area (Å²) in [6, 6.07) is -0.921. The van der Waals surface area contributed by atoms with Crippen molar-refractivity contribution in [3.8, 4) is 0 Å². The summed E-state index contributed by atoms with van der Waals surface area (Å²) in [5.74, 6) is -0.249. The predicted octanol–water partition coefficient (Wildman–Crippen LogP) is 10.4. The van der Waals surface area contributed by atoms with E-state index >= 15 is 0 Å². The minimum Gasteiger partial charge on any atom is -0.394 e. The molecule has 1 amide bonds. The van der Waals surface area contributed by atoms with E-state index in [9.17, 15) is 45.6 Å². The van der Waals surface area contributed by atoms with E-state index in [4.69, 9.17) is 18.9 Å². The number of ether oxygens (including phenoxy) is 4. The SMILES string of the molecule is CC/C=C\C/C=C\C/C=C\CCCCCCCCCC(=O)NC(COC1OC(CO)C(OC2OC(CO)C(O)C(O)C2O)C(O)C1O)C(O)/C=C/CCCCCCCCCCCCCCCCCCCCCCCC. The molecule has 2 aliphatic rings. The van der Waals surface area contributed by atoms with Gasteiger partial charge in [-0.1, -0.05) is 229 Å². The second-order valence-corrected chi connectivity index (χ2v) is 21.5. The van der Waals surface area contributed by atoms with E-state index in [-0.39, 0.29) is 18.9 Å². The summed E-state index contributed by atoms with van der Waals surface area (Å²) in [7, 11) is 0. The average molecular weight is 1070 g/mol. The van der Waals surface area contributed by atoms with Crippen molar-refractivity contribution in [3.05, 3.63) is 48.6 Å². The molecular formula is C61H111NO13. The molecule has 0 aliphatic carbocycles. The summed E-state index contributed by atoms with van der Waals surface area (Å²) in [6.45, 7) is 2.69. The minimum absolute atomic E-state index is 0.249. The van der Waals surface area contributed by atoms with Gasteiger partial charge in [0.1, 0.15) is 48.8 Å². The molecule has 14 heteroatoms. The van der Waals surface area contributed by atoms with Crippen LogP contribution in [0.25, 0.3) is 0 Å². The van der Waals surface area contributed by atoms with Gasteiger partial charge in [-0.15, -0.1) is 0 Å². The van der Waals surface area contributed by atoms with Crippen molar-refractivity contribution in [2.75, 3.05) is 19.8 Å². The molecular weight excluding hydrogens is 955 g/mol. The number of rotatable bonds is 48. The van der Waals surface area contributed by atoms with Gasteiger partial charge < -0.3 is 65.1 Å². The standard InChI is InChI=1S/C61H111NO13/c1-3-5-7-9-11-13-15-17-19-21-22-23-24-25-26-27-29-30-32-34-36-38-40-42-44-50(65)49(62-53(66)45-43-41-39-37-35-33-31-28-20-18-16-14-12-10-8-6-4-2)48-72-60-58(71)56(69)59(52(47-64)74-60)75-61-57(70)55(68)54(67)51(46-63)73-61/h6,8,12,14,18,20,42,44,49-52,54-61,63-65,67-71H,3-5,7,9-11,13,15-17,19,21-41,43,45-48H2,1-2H3,(H,62,66)/b8-6-,14-12-,20-18-,44-42+. The summed E-state index contributed by atoms with van der Waals surface area (Å²) >= 11 is 0. The van der Waals surface area contributed by atoms with Gasteiger partial charge in [-0.2, -0.15) is 0 Å². The molecule has 0 bridgehead atoms. The third-order valence-electron chi connectivity index (χ3n) is 14.8. The van der Waals surface area contributed by atoms with Crippen LogP contribution in [-0.4, -0.2) is 140 Å². The van der Waals surface area contributed by atoms with Crippen LogP contribution in [0.2, 0.25) is 0 Å². The minimum atomic E-state index is -1.79. The molecule has 2 rings (SSSR count). The molecule has 75 heavy (non-hydrogen) atoms. The van der Waals surface area contributed by atoms with Gasteiger partial charge in [-0.05, 0) is 51.4 Å². The van der Waals surface area contributed by atoms with Crippen LogP contribution in [0.4, 0.5) is 0 Å². The average Bonchev–Trinajstić information content (AvgIpc) is 3.41. The number of carbonyl (C=O) groups is 1. The Hall–Kier alpha value is -2.05. The van der Waals surface area contributed by atoms with Crippen molar-refractivity contribution in [3.63, 3.8) is 0 Å². The Balaban J connectivity index is 1.76. The number of hydrogen-bond acceptors (Lipinski definition) is 13. The normalized spacial score (nSPS) is 25.4. The van der Waals surface area contributed by atoms with Gasteiger partial charge in [0.05, 0.1) is 32.0 Å². The third-order valence-corrected chi connectivity index (χ3v) is 14.8. The van der Waals surface area contributed by atoms with Gasteiger partial charge in [-0.3, -0.25) is 4.79 Å². The van der Waals surface area contributed by atoms with Crippen LogP contribution in [0.15, 0.2) is 48.6 Å². The molecule has 12 atom stereocenters. The van der Waals surface area contributed by atoms with Crippen LogP contribution in [0.3, 0.4) is 0 Å². The number of amides is 1. The fraction of sp³-hybridized carbons (Fsp3) is 0.852. The van der Waals surface area contributed by atoms with E-state index in [0.717, 1.165) is 70.6 Å².